The van der Waals surface area contributed by atoms with Gasteiger partial charge in [-0.25, -0.2) is 4.98 Å². The zero-order valence-electron chi connectivity index (χ0n) is 8.25. The van der Waals surface area contributed by atoms with E-state index in [-0.39, 0.29) is 10.7 Å². The minimum atomic E-state index is -0.543. The molecular weight excluding hydrogens is 200 g/mol. The Kier molecular flexibility index (Phi) is 3.47. The lowest BCUT2D eigenvalue weighted by Gasteiger charge is -2.05. The third kappa shape index (κ3) is 2.70. The largest absolute Gasteiger partial charge is 0.366 e. The molecule has 0 unspecified atom stereocenters. The van der Waals surface area contributed by atoms with Crippen molar-refractivity contribution in [2.75, 3.05) is 0 Å². The van der Waals surface area contributed by atoms with Crippen molar-refractivity contribution < 1.29 is 4.79 Å². The zero-order valence-corrected chi connectivity index (χ0v) is 9.01. The number of halogens is 1. The molecule has 3 nitrogen and oxygen atoms in total. The van der Waals surface area contributed by atoms with Crippen LogP contribution >= 0.6 is 11.6 Å². The van der Waals surface area contributed by atoms with Crippen LogP contribution in [0.1, 0.15) is 29.9 Å². The third-order valence-electron chi connectivity index (χ3n) is 1.79. The Hall–Kier alpha value is -1.09. The first-order chi connectivity index (χ1) is 6.50. The summed E-state index contributed by atoms with van der Waals surface area (Å²) in [5.74, 6) is -0.0309. The number of carbonyl (C=O) groups is 1. The van der Waals surface area contributed by atoms with Gasteiger partial charge < -0.3 is 5.73 Å². The van der Waals surface area contributed by atoms with E-state index in [1.54, 1.807) is 12.1 Å². The molecular formula is C10H13ClN2O. The molecule has 0 fully saturated rings. The molecule has 14 heavy (non-hydrogen) atoms. The molecule has 1 amide bonds. The van der Waals surface area contributed by atoms with Crippen LogP contribution in [-0.2, 0) is 6.42 Å². The van der Waals surface area contributed by atoms with Gasteiger partial charge in [-0.1, -0.05) is 25.4 Å². The summed E-state index contributed by atoms with van der Waals surface area (Å²) in [6, 6.07) is 3.40. The van der Waals surface area contributed by atoms with Crippen molar-refractivity contribution in [2.24, 2.45) is 11.7 Å². The van der Waals surface area contributed by atoms with Gasteiger partial charge in [0.15, 0.2) is 0 Å². The van der Waals surface area contributed by atoms with Crippen molar-refractivity contribution in [2.45, 2.75) is 20.3 Å². The second-order valence-electron chi connectivity index (χ2n) is 3.60. The lowest BCUT2D eigenvalue weighted by Crippen LogP contribution is -2.12. The topological polar surface area (TPSA) is 56.0 Å². The summed E-state index contributed by atoms with van der Waals surface area (Å²) >= 11 is 5.80. The second kappa shape index (κ2) is 4.42. The molecule has 1 aromatic heterocycles. The number of rotatable bonds is 3. The maximum atomic E-state index is 10.9. The molecule has 1 rings (SSSR count). The SMILES string of the molecule is CC(C)Cc1ccc(C(N)=O)c(Cl)n1. The maximum absolute atomic E-state index is 10.9. The van der Waals surface area contributed by atoms with Gasteiger partial charge in [0.25, 0.3) is 5.91 Å². The molecule has 2 N–H and O–H groups in total. The van der Waals surface area contributed by atoms with Crippen LogP contribution < -0.4 is 5.73 Å². The smallest absolute Gasteiger partial charge is 0.251 e. The van der Waals surface area contributed by atoms with E-state index in [2.05, 4.69) is 18.8 Å². The summed E-state index contributed by atoms with van der Waals surface area (Å²) in [7, 11) is 0. The van der Waals surface area contributed by atoms with E-state index in [0.29, 0.717) is 5.92 Å². The van der Waals surface area contributed by atoms with Crippen LogP contribution in [0.25, 0.3) is 0 Å². The predicted molar refractivity (Wildman–Crippen MR) is 56.3 cm³/mol. The van der Waals surface area contributed by atoms with Gasteiger partial charge in [-0.15, -0.1) is 0 Å². The summed E-state index contributed by atoms with van der Waals surface area (Å²) < 4.78 is 0. The van der Waals surface area contributed by atoms with Gasteiger partial charge in [-0.3, -0.25) is 4.79 Å². The minimum absolute atomic E-state index is 0.190. The zero-order chi connectivity index (χ0) is 10.7. The molecule has 0 radical (unpaired) electrons. The van der Waals surface area contributed by atoms with Crippen LogP contribution in [0.2, 0.25) is 5.15 Å². The number of pyridine rings is 1. The lowest BCUT2D eigenvalue weighted by molar-refractivity contribution is 0.1000. The highest BCUT2D eigenvalue weighted by Crippen LogP contribution is 2.15. The fourth-order valence-corrected chi connectivity index (χ4v) is 1.45. The van der Waals surface area contributed by atoms with Gasteiger partial charge in [0, 0.05) is 5.69 Å². The van der Waals surface area contributed by atoms with Gasteiger partial charge in [-0.05, 0) is 24.5 Å². The first-order valence-electron chi connectivity index (χ1n) is 4.46. The monoisotopic (exact) mass is 212 g/mol. The number of hydrogen-bond donors (Lipinski definition) is 1. The van der Waals surface area contributed by atoms with Crippen LogP contribution in [0.5, 0.6) is 0 Å². The summed E-state index contributed by atoms with van der Waals surface area (Å²) in [5.41, 5.74) is 6.26. The van der Waals surface area contributed by atoms with Crippen molar-refractivity contribution in [1.29, 1.82) is 0 Å². The van der Waals surface area contributed by atoms with Crippen molar-refractivity contribution >= 4 is 17.5 Å². The van der Waals surface area contributed by atoms with Gasteiger partial charge in [0.1, 0.15) is 5.15 Å². The normalized spacial score (nSPS) is 10.6. The van der Waals surface area contributed by atoms with E-state index >= 15 is 0 Å². The van der Waals surface area contributed by atoms with E-state index < -0.39 is 5.91 Å². The molecule has 76 valence electrons. The third-order valence-corrected chi connectivity index (χ3v) is 2.08. The highest BCUT2D eigenvalue weighted by atomic mass is 35.5. The highest BCUT2D eigenvalue weighted by molar-refractivity contribution is 6.32. The minimum Gasteiger partial charge on any atom is -0.366 e. The number of primary amides is 1. The Balaban J connectivity index is 2.94. The van der Waals surface area contributed by atoms with Crippen LogP contribution in [0, 0.1) is 5.92 Å². The van der Waals surface area contributed by atoms with Crippen LogP contribution in [-0.4, -0.2) is 10.9 Å². The Bertz CT molecular complexity index is 350. The van der Waals surface area contributed by atoms with Crippen molar-refractivity contribution in [3.63, 3.8) is 0 Å². The van der Waals surface area contributed by atoms with E-state index in [0.717, 1.165) is 12.1 Å². The van der Waals surface area contributed by atoms with Gasteiger partial charge in [-0.2, -0.15) is 0 Å². The standard InChI is InChI=1S/C10H13ClN2O/c1-6(2)5-7-3-4-8(10(12)14)9(11)13-7/h3-4,6H,5H2,1-2H3,(H2,12,14). The number of nitrogens with zero attached hydrogens (tertiary/aromatic N) is 1. The summed E-state index contributed by atoms with van der Waals surface area (Å²) in [4.78, 5) is 15.0. The molecule has 0 aromatic carbocycles. The van der Waals surface area contributed by atoms with E-state index in [9.17, 15) is 4.79 Å². The Labute approximate surface area is 88.3 Å². The van der Waals surface area contributed by atoms with Crippen molar-refractivity contribution in [1.82, 2.24) is 4.98 Å². The Morgan fingerprint density at radius 3 is 2.64 bits per heavy atom. The van der Waals surface area contributed by atoms with Gasteiger partial charge in [0.05, 0.1) is 5.56 Å². The molecule has 1 aromatic rings. The molecule has 0 aliphatic heterocycles. The fraction of sp³-hybridized carbons (Fsp3) is 0.400. The van der Waals surface area contributed by atoms with E-state index in [4.69, 9.17) is 17.3 Å². The number of amides is 1. The predicted octanol–water partition coefficient (Wildman–Crippen LogP) is 2.03. The summed E-state index contributed by atoms with van der Waals surface area (Å²) in [6.07, 6.45) is 0.846. The van der Waals surface area contributed by atoms with Crippen LogP contribution in [0.15, 0.2) is 12.1 Å². The Morgan fingerprint density at radius 1 is 1.57 bits per heavy atom. The fourth-order valence-electron chi connectivity index (χ4n) is 1.19. The Morgan fingerprint density at radius 2 is 2.21 bits per heavy atom. The molecule has 0 aliphatic carbocycles. The van der Waals surface area contributed by atoms with Gasteiger partial charge >= 0.3 is 0 Å². The molecule has 0 bridgehead atoms. The highest BCUT2D eigenvalue weighted by Gasteiger charge is 2.08. The lowest BCUT2D eigenvalue weighted by atomic mass is 10.1. The molecule has 0 atom stereocenters. The number of nitrogens with two attached hydrogens (primary N) is 1. The van der Waals surface area contributed by atoms with Gasteiger partial charge in [0.2, 0.25) is 0 Å². The quantitative estimate of drug-likeness (QED) is 0.780. The molecule has 0 spiro atoms. The van der Waals surface area contributed by atoms with Crippen molar-refractivity contribution in [3.05, 3.63) is 28.5 Å². The average Bonchev–Trinajstić information content (AvgIpc) is 2.01. The first-order valence-corrected chi connectivity index (χ1v) is 4.83. The molecule has 0 saturated heterocycles. The van der Waals surface area contributed by atoms with Crippen molar-refractivity contribution in [3.8, 4) is 0 Å². The van der Waals surface area contributed by atoms with E-state index in [1.807, 2.05) is 0 Å². The first kappa shape index (κ1) is 11.0. The molecule has 0 saturated carbocycles. The number of carbonyl (C=O) groups excluding carboxylic acids is 1. The van der Waals surface area contributed by atoms with E-state index in [1.165, 1.54) is 0 Å². The average molecular weight is 213 g/mol. The second-order valence-corrected chi connectivity index (χ2v) is 3.96. The van der Waals surface area contributed by atoms with Crippen LogP contribution in [0.4, 0.5) is 0 Å². The van der Waals surface area contributed by atoms with Crippen LogP contribution in [0.3, 0.4) is 0 Å². The number of hydrogen-bond acceptors (Lipinski definition) is 2. The molecule has 0 aliphatic rings. The number of aromatic nitrogens is 1. The summed E-state index contributed by atoms with van der Waals surface area (Å²) in [5, 5.41) is 0.190. The molecule has 4 heteroatoms. The molecule has 1 heterocycles. The maximum Gasteiger partial charge on any atom is 0.251 e. The summed E-state index contributed by atoms with van der Waals surface area (Å²) in [6.45, 7) is 4.19.